The van der Waals surface area contributed by atoms with Crippen LogP contribution in [0, 0.1) is 13.8 Å². The highest BCUT2D eigenvalue weighted by Crippen LogP contribution is 2.12. The minimum Gasteiger partial charge on any atom is -0.388 e. The van der Waals surface area contributed by atoms with Crippen molar-refractivity contribution in [2.45, 2.75) is 32.9 Å². The Balaban J connectivity index is 2.46. The summed E-state index contributed by atoms with van der Waals surface area (Å²) in [6, 6.07) is 6.47. The van der Waals surface area contributed by atoms with Gasteiger partial charge in [-0.25, -0.2) is 0 Å². The molecule has 2 N–H and O–H groups in total. The lowest BCUT2D eigenvalue weighted by atomic mass is 10.1. The maximum Gasteiger partial charge on any atom is 0.0833 e. The van der Waals surface area contributed by atoms with Crippen LogP contribution in [0.1, 0.15) is 23.6 Å². The second kappa shape index (κ2) is 6.43. The SMILES string of the molecule is CSCC(C)(O)CNCc1ccc(C)cc1C. The van der Waals surface area contributed by atoms with E-state index in [-0.39, 0.29) is 0 Å². The summed E-state index contributed by atoms with van der Waals surface area (Å²) in [6.07, 6.45) is 2.01. The zero-order valence-electron chi connectivity index (χ0n) is 11.2. The lowest BCUT2D eigenvalue weighted by molar-refractivity contribution is 0.0846. The van der Waals surface area contributed by atoms with Crippen LogP contribution in [0.15, 0.2) is 18.2 Å². The Hall–Kier alpha value is -0.510. The van der Waals surface area contributed by atoms with Crippen LogP contribution < -0.4 is 5.32 Å². The molecule has 0 heterocycles. The second-order valence-electron chi connectivity index (χ2n) is 4.96. The summed E-state index contributed by atoms with van der Waals surface area (Å²) in [5.41, 5.74) is 3.27. The number of aryl methyl sites for hydroxylation is 2. The maximum atomic E-state index is 10.0. The summed E-state index contributed by atoms with van der Waals surface area (Å²) in [6.45, 7) is 7.55. The number of aliphatic hydroxyl groups is 1. The van der Waals surface area contributed by atoms with Crippen LogP contribution in [-0.4, -0.2) is 29.3 Å². The lowest BCUT2D eigenvalue weighted by Crippen LogP contribution is -2.39. The number of nitrogens with one attached hydrogen (secondary N) is 1. The van der Waals surface area contributed by atoms with Crippen molar-refractivity contribution in [1.82, 2.24) is 5.32 Å². The van der Waals surface area contributed by atoms with Crippen molar-refractivity contribution in [3.63, 3.8) is 0 Å². The molecule has 1 aromatic rings. The molecule has 0 aliphatic rings. The van der Waals surface area contributed by atoms with Crippen LogP contribution in [0.4, 0.5) is 0 Å². The van der Waals surface area contributed by atoms with Gasteiger partial charge in [0.2, 0.25) is 0 Å². The summed E-state index contributed by atoms with van der Waals surface area (Å²) in [5.74, 6) is 0.757. The Bertz CT molecular complexity index is 363. The molecule has 0 aliphatic heterocycles. The van der Waals surface area contributed by atoms with Crippen LogP contribution in [0.25, 0.3) is 0 Å². The van der Waals surface area contributed by atoms with Crippen LogP contribution in [0.3, 0.4) is 0 Å². The van der Waals surface area contributed by atoms with Crippen molar-refractivity contribution in [2.75, 3.05) is 18.6 Å². The highest BCUT2D eigenvalue weighted by molar-refractivity contribution is 7.98. The molecule has 1 atom stereocenters. The first-order valence-electron chi connectivity index (χ1n) is 5.93. The zero-order valence-corrected chi connectivity index (χ0v) is 12.0. The van der Waals surface area contributed by atoms with E-state index >= 15 is 0 Å². The number of hydrogen-bond acceptors (Lipinski definition) is 3. The van der Waals surface area contributed by atoms with Crippen LogP contribution in [0.5, 0.6) is 0 Å². The van der Waals surface area contributed by atoms with Gasteiger partial charge >= 0.3 is 0 Å². The first-order chi connectivity index (χ1) is 7.94. The average molecular weight is 253 g/mol. The fourth-order valence-corrected chi connectivity index (χ4v) is 2.60. The quantitative estimate of drug-likeness (QED) is 0.817. The van der Waals surface area contributed by atoms with Gasteiger partial charge in [0.05, 0.1) is 5.60 Å². The summed E-state index contributed by atoms with van der Waals surface area (Å²) in [5, 5.41) is 13.3. The lowest BCUT2D eigenvalue weighted by Gasteiger charge is -2.22. The van der Waals surface area contributed by atoms with Crippen molar-refractivity contribution < 1.29 is 5.11 Å². The van der Waals surface area contributed by atoms with Gasteiger partial charge in [-0.3, -0.25) is 0 Å². The number of benzene rings is 1. The molecule has 2 nitrogen and oxygen atoms in total. The molecular weight excluding hydrogens is 230 g/mol. The molecule has 0 saturated carbocycles. The van der Waals surface area contributed by atoms with E-state index in [0.717, 1.165) is 12.3 Å². The molecule has 0 saturated heterocycles. The van der Waals surface area contributed by atoms with E-state index in [2.05, 4.69) is 37.4 Å². The van der Waals surface area contributed by atoms with Gasteiger partial charge in [-0.15, -0.1) is 0 Å². The van der Waals surface area contributed by atoms with E-state index in [1.165, 1.54) is 16.7 Å². The molecule has 3 heteroatoms. The number of hydrogen-bond donors (Lipinski definition) is 2. The molecule has 1 rings (SSSR count). The predicted molar refractivity (Wildman–Crippen MR) is 76.6 cm³/mol. The molecule has 96 valence electrons. The molecular formula is C14H23NOS. The molecule has 1 aromatic carbocycles. The van der Waals surface area contributed by atoms with Gasteiger partial charge in [-0.1, -0.05) is 23.8 Å². The molecule has 0 bridgehead atoms. The predicted octanol–water partition coefficient (Wildman–Crippen LogP) is 2.51. The van der Waals surface area contributed by atoms with Crippen molar-refractivity contribution in [3.05, 3.63) is 34.9 Å². The molecule has 1 unspecified atom stereocenters. The smallest absolute Gasteiger partial charge is 0.0833 e. The molecule has 0 spiro atoms. The van der Waals surface area contributed by atoms with E-state index in [1.54, 1.807) is 11.8 Å². The van der Waals surface area contributed by atoms with Gasteiger partial charge < -0.3 is 10.4 Å². The third kappa shape index (κ3) is 5.11. The van der Waals surface area contributed by atoms with E-state index in [0.29, 0.717) is 6.54 Å². The molecule has 0 aromatic heterocycles. The Morgan fingerprint density at radius 2 is 2.06 bits per heavy atom. The topological polar surface area (TPSA) is 32.3 Å². The van der Waals surface area contributed by atoms with Gasteiger partial charge in [-0.2, -0.15) is 11.8 Å². The summed E-state index contributed by atoms with van der Waals surface area (Å²) in [4.78, 5) is 0. The van der Waals surface area contributed by atoms with Crippen LogP contribution in [0.2, 0.25) is 0 Å². The van der Waals surface area contributed by atoms with E-state index in [1.807, 2.05) is 13.2 Å². The van der Waals surface area contributed by atoms with Crippen molar-refractivity contribution in [2.24, 2.45) is 0 Å². The maximum absolute atomic E-state index is 10.0. The molecule has 0 amide bonds. The molecule has 0 radical (unpaired) electrons. The summed E-state index contributed by atoms with van der Waals surface area (Å²) < 4.78 is 0. The normalized spacial score (nSPS) is 14.6. The molecule has 0 fully saturated rings. The summed E-state index contributed by atoms with van der Waals surface area (Å²) in [7, 11) is 0. The van der Waals surface area contributed by atoms with Crippen LogP contribution in [-0.2, 0) is 6.54 Å². The highest BCUT2D eigenvalue weighted by Gasteiger charge is 2.18. The minimum absolute atomic E-state index is 0.626. The monoisotopic (exact) mass is 253 g/mol. The molecule has 17 heavy (non-hydrogen) atoms. The van der Waals surface area contributed by atoms with Gasteiger partial charge in [0.15, 0.2) is 0 Å². The largest absolute Gasteiger partial charge is 0.388 e. The Morgan fingerprint density at radius 1 is 1.35 bits per heavy atom. The fraction of sp³-hybridized carbons (Fsp3) is 0.571. The third-order valence-electron chi connectivity index (χ3n) is 2.77. The van der Waals surface area contributed by atoms with Gasteiger partial charge in [0.25, 0.3) is 0 Å². The second-order valence-corrected chi connectivity index (χ2v) is 5.83. The van der Waals surface area contributed by atoms with Crippen LogP contribution >= 0.6 is 11.8 Å². The molecule has 0 aliphatic carbocycles. The van der Waals surface area contributed by atoms with E-state index in [4.69, 9.17) is 0 Å². The fourth-order valence-electron chi connectivity index (χ4n) is 1.87. The van der Waals surface area contributed by atoms with Gasteiger partial charge in [0.1, 0.15) is 0 Å². The zero-order chi connectivity index (χ0) is 12.9. The number of thioether (sulfide) groups is 1. The van der Waals surface area contributed by atoms with E-state index < -0.39 is 5.60 Å². The van der Waals surface area contributed by atoms with E-state index in [9.17, 15) is 5.11 Å². The van der Waals surface area contributed by atoms with Crippen molar-refractivity contribution in [1.29, 1.82) is 0 Å². The highest BCUT2D eigenvalue weighted by atomic mass is 32.2. The first-order valence-corrected chi connectivity index (χ1v) is 7.32. The standard InChI is InChI=1S/C14H23NOS/c1-11-5-6-13(12(2)7-11)8-15-9-14(3,16)10-17-4/h5-7,15-16H,8-10H2,1-4H3. The Labute approximate surface area is 109 Å². The average Bonchev–Trinajstić information content (AvgIpc) is 2.21. The van der Waals surface area contributed by atoms with Crippen molar-refractivity contribution >= 4 is 11.8 Å². The van der Waals surface area contributed by atoms with Crippen molar-refractivity contribution in [3.8, 4) is 0 Å². The van der Waals surface area contributed by atoms with Gasteiger partial charge in [0, 0.05) is 18.8 Å². The third-order valence-corrected chi connectivity index (χ3v) is 3.69. The first kappa shape index (κ1) is 14.6. The summed E-state index contributed by atoms with van der Waals surface area (Å²) >= 11 is 1.67. The Kier molecular flexibility index (Phi) is 5.50. The number of rotatable bonds is 6. The Morgan fingerprint density at radius 3 is 2.65 bits per heavy atom. The van der Waals surface area contributed by atoms with Gasteiger partial charge in [-0.05, 0) is 38.2 Å². The minimum atomic E-state index is -0.627.